The molecule has 0 fully saturated rings. The predicted octanol–water partition coefficient (Wildman–Crippen LogP) is 3.66. The van der Waals surface area contributed by atoms with E-state index >= 15 is 0 Å². The van der Waals surface area contributed by atoms with E-state index in [4.69, 9.17) is 11.6 Å². The van der Waals surface area contributed by atoms with Crippen molar-refractivity contribution in [1.29, 1.82) is 0 Å². The van der Waals surface area contributed by atoms with Crippen molar-refractivity contribution < 1.29 is 9.90 Å². The van der Waals surface area contributed by atoms with Crippen molar-refractivity contribution in [3.63, 3.8) is 0 Å². The van der Waals surface area contributed by atoms with E-state index in [-0.39, 0.29) is 5.69 Å². The molecule has 0 saturated carbocycles. The number of carbonyl (C=O) groups is 1. The highest BCUT2D eigenvalue weighted by atomic mass is 127. The van der Waals surface area contributed by atoms with Crippen LogP contribution in [0.2, 0.25) is 5.02 Å². The van der Waals surface area contributed by atoms with Crippen LogP contribution in [0.4, 0.5) is 0 Å². The molecular formula is C14H9ClIN3O2. The van der Waals surface area contributed by atoms with Crippen LogP contribution >= 0.6 is 34.2 Å². The molecule has 5 nitrogen and oxygen atoms in total. The van der Waals surface area contributed by atoms with Gasteiger partial charge in [-0.05, 0) is 47.7 Å². The van der Waals surface area contributed by atoms with Gasteiger partial charge in [-0.1, -0.05) is 23.7 Å². The summed E-state index contributed by atoms with van der Waals surface area (Å²) in [6.45, 7) is 1.82. The van der Waals surface area contributed by atoms with Gasteiger partial charge >= 0.3 is 5.97 Å². The van der Waals surface area contributed by atoms with Crippen molar-refractivity contribution >= 4 is 45.8 Å². The Balaban J connectivity index is 2.31. The van der Waals surface area contributed by atoms with E-state index in [0.29, 0.717) is 16.4 Å². The molecule has 0 radical (unpaired) electrons. The van der Waals surface area contributed by atoms with E-state index < -0.39 is 5.97 Å². The molecule has 0 spiro atoms. The summed E-state index contributed by atoms with van der Waals surface area (Å²) >= 11 is 7.99. The zero-order valence-corrected chi connectivity index (χ0v) is 13.8. The molecule has 0 aliphatic heterocycles. The van der Waals surface area contributed by atoms with Crippen molar-refractivity contribution in [2.75, 3.05) is 0 Å². The Morgan fingerprint density at radius 1 is 1.33 bits per heavy atom. The number of carboxylic acid groups (broad SMARTS) is 1. The van der Waals surface area contributed by atoms with E-state index in [1.807, 2.05) is 19.1 Å². The van der Waals surface area contributed by atoms with Gasteiger partial charge in [0.15, 0.2) is 11.3 Å². The zero-order valence-electron chi connectivity index (χ0n) is 10.8. The van der Waals surface area contributed by atoms with Crippen LogP contribution < -0.4 is 0 Å². The lowest BCUT2D eigenvalue weighted by Gasteiger charge is -2.05. The largest absolute Gasteiger partial charge is 0.477 e. The molecular weight excluding hydrogens is 405 g/mol. The first-order valence-corrected chi connectivity index (χ1v) is 7.48. The molecule has 0 bridgehead atoms. The number of aromatic nitrogens is 3. The Bertz CT molecular complexity index is 859. The van der Waals surface area contributed by atoms with E-state index in [0.717, 1.165) is 14.8 Å². The quantitative estimate of drug-likeness (QED) is 0.651. The predicted molar refractivity (Wildman–Crippen MR) is 87.8 cm³/mol. The van der Waals surface area contributed by atoms with E-state index in [9.17, 15) is 9.90 Å². The Morgan fingerprint density at radius 2 is 2.00 bits per heavy atom. The molecule has 3 aromatic rings. The second kappa shape index (κ2) is 5.27. The van der Waals surface area contributed by atoms with Crippen LogP contribution in [0.15, 0.2) is 30.3 Å². The van der Waals surface area contributed by atoms with Gasteiger partial charge < -0.3 is 5.11 Å². The van der Waals surface area contributed by atoms with E-state index in [1.165, 1.54) is 10.6 Å². The Labute approximate surface area is 138 Å². The van der Waals surface area contributed by atoms with Gasteiger partial charge in [0.1, 0.15) is 0 Å². The number of aromatic carboxylic acids is 1. The van der Waals surface area contributed by atoms with Crippen molar-refractivity contribution in [2.24, 2.45) is 0 Å². The lowest BCUT2D eigenvalue weighted by molar-refractivity contribution is 0.0687. The van der Waals surface area contributed by atoms with Crippen LogP contribution in [0.1, 0.15) is 16.2 Å². The number of nitrogens with zero attached hydrogens (tertiary/aromatic N) is 3. The average molecular weight is 414 g/mol. The van der Waals surface area contributed by atoms with Crippen LogP contribution in [0, 0.1) is 10.5 Å². The maximum Gasteiger partial charge on any atom is 0.354 e. The summed E-state index contributed by atoms with van der Waals surface area (Å²) in [5.74, 6) is -1.04. The molecule has 2 aromatic heterocycles. The van der Waals surface area contributed by atoms with Gasteiger partial charge in [0.25, 0.3) is 0 Å². The molecule has 1 aromatic carbocycles. The SMILES string of the molecule is Cc1nn2c(C(=O)O)cc(-c3ccc(Cl)cc3)nc2c1I. The summed E-state index contributed by atoms with van der Waals surface area (Å²) < 4.78 is 2.20. The molecule has 21 heavy (non-hydrogen) atoms. The number of aryl methyl sites for hydroxylation is 1. The standard InChI is InChI=1S/C14H9ClIN3O2/c1-7-12(16)13-17-10(8-2-4-9(15)5-3-8)6-11(14(20)21)19(13)18-7/h2-6H,1H3,(H,20,21). The monoisotopic (exact) mass is 413 g/mol. The fourth-order valence-electron chi connectivity index (χ4n) is 2.02. The summed E-state index contributed by atoms with van der Waals surface area (Å²) in [7, 11) is 0. The maximum absolute atomic E-state index is 11.5. The minimum Gasteiger partial charge on any atom is -0.477 e. The van der Waals surface area contributed by atoms with Gasteiger partial charge in [0.2, 0.25) is 0 Å². The van der Waals surface area contributed by atoms with Gasteiger partial charge in [-0.3, -0.25) is 0 Å². The zero-order chi connectivity index (χ0) is 15.1. The molecule has 0 atom stereocenters. The first-order valence-electron chi connectivity index (χ1n) is 6.02. The van der Waals surface area contributed by atoms with Gasteiger partial charge in [-0.25, -0.2) is 14.3 Å². The minimum absolute atomic E-state index is 0.0796. The first-order chi connectivity index (χ1) is 9.97. The Hall–Kier alpha value is -1.67. The second-order valence-electron chi connectivity index (χ2n) is 4.47. The number of hydrogen-bond donors (Lipinski definition) is 1. The summed E-state index contributed by atoms with van der Waals surface area (Å²) in [5, 5.41) is 14.2. The molecule has 3 rings (SSSR count). The van der Waals surface area contributed by atoms with Gasteiger partial charge in [0.05, 0.1) is 15.0 Å². The lowest BCUT2D eigenvalue weighted by atomic mass is 10.1. The Kier molecular flexibility index (Phi) is 3.58. The molecule has 0 aliphatic rings. The molecule has 0 unspecified atom stereocenters. The average Bonchev–Trinajstić information content (AvgIpc) is 2.74. The van der Waals surface area contributed by atoms with Crippen LogP contribution in [-0.2, 0) is 0 Å². The number of benzene rings is 1. The highest BCUT2D eigenvalue weighted by Gasteiger charge is 2.17. The van der Waals surface area contributed by atoms with Crippen LogP contribution in [0.5, 0.6) is 0 Å². The number of fused-ring (bicyclic) bond motifs is 1. The summed E-state index contributed by atoms with van der Waals surface area (Å²) in [5.41, 5.74) is 2.75. The van der Waals surface area contributed by atoms with Crippen LogP contribution in [0.25, 0.3) is 16.9 Å². The highest BCUT2D eigenvalue weighted by Crippen LogP contribution is 2.24. The third-order valence-corrected chi connectivity index (χ3v) is 4.57. The van der Waals surface area contributed by atoms with Crippen molar-refractivity contribution in [1.82, 2.24) is 14.6 Å². The molecule has 7 heteroatoms. The van der Waals surface area contributed by atoms with Crippen molar-refractivity contribution in [3.05, 3.63) is 50.3 Å². The third kappa shape index (κ3) is 2.49. The second-order valence-corrected chi connectivity index (χ2v) is 5.99. The third-order valence-electron chi connectivity index (χ3n) is 3.05. The van der Waals surface area contributed by atoms with E-state index in [2.05, 4.69) is 32.7 Å². The molecule has 106 valence electrons. The smallest absolute Gasteiger partial charge is 0.354 e. The molecule has 0 saturated heterocycles. The summed E-state index contributed by atoms with van der Waals surface area (Å²) in [6, 6.07) is 8.62. The lowest BCUT2D eigenvalue weighted by Crippen LogP contribution is -2.08. The fraction of sp³-hybridized carbons (Fsp3) is 0.0714. The maximum atomic E-state index is 11.5. The molecule has 0 aliphatic carbocycles. The van der Waals surface area contributed by atoms with Crippen molar-refractivity contribution in [3.8, 4) is 11.3 Å². The van der Waals surface area contributed by atoms with Gasteiger partial charge in [-0.15, -0.1) is 0 Å². The number of hydrogen-bond acceptors (Lipinski definition) is 3. The summed E-state index contributed by atoms with van der Waals surface area (Å²) in [4.78, 5) is 16.0. The molecule has 2 heterocycles. The number of rotatable bonds is 2. The summed E-state index contributed by atoms with van der Waals surface area (Å²) in [6.07, 6.45) is 0. The van der Waals surface area contributed by atoms with Gasteiger partial charge in [-0.2, -0.15) is 5.10 Å². The number of carboxylic acids is 1. The molecule has 0 amide bonds. The Morgan fingerprint density at radius 3 is 2.62 bits per heavy atom. The molecule has 1 N–H and O–H groups in total. The fourth-order valence-corrected chi connectivity index (χ4v) is 2.60. The van der Waals surface area contributed by atoms with E-state index in [1.54, 1.807) is 12.1 Å². The topological polar surface area (TPSA) is 67.5 Å². The minimum atomic E-state index is -1.04. The highest BCUT2D eigenvalue weighted by molar-refractivity contribution is 14.1. The van der Waals surface area contributed by atoms with Crippen LogP contribution in [-0.4, -0.2) is 25.7 Å². The number of halogens is 2. The van der Waals surface area contributed by atoms with Crippen molar-refractivity contribution in [2.45, 2.75) is 6.92 Å². The van der Waals surface area contributed by atoms with Crippen LogP contribution in [0.3, 0.4) is 0 Å². The first kappa shape index (κ1) is 14.3. The normalized spacial score (nSPS) is 11.0. The van der Waals surface area contributed by atoms with Gasteiger partial charge in [0, 0.05) is 10.6 Å².